The quantitative estimate of drug-likeness (QED) is 0.588. The van der Waals surface area contributed by atoms with Crippen molar-refractivity contribution in [2.24, 2.45) is 7.05 Å². The van der Waals surface area contributed by atoms with Crippen molar-refractivity contribution in [2.75, 3.05) is 4.72 Å². The first-order valence-corrected chi connectivity index (χ1v) is 9.75. The molecule has 1 N–H and O–H groups in total. The van der Waals surface area contributed by atoms with Crippen LogP contribution in [-0.2, 0) is 17.1 Å². The van der Waals surface area contributed by atoms with Gasteiger partial charge in [0.05, 0.1) is 23.1 Å². The summed E-state index contributed by atoms with van der Waals surface area (Å²) >= 11 is 0. The van der Waals surface area contributed by atoms with Gasteiger partial charge in [-0.1, -0.05) is 12.1 Å². The van der Waals surface area contributed by atoms with Crippen molar-refractivity contribution in [3.8, 4) is 11.3 Å². The normalized spacial score (nSPS) is 11.6. The maximum atomic E-state index is 12.8. The number of benzene rings is 1. The van der Waals surface area contributed by atoms with Gasteiger partial charge in [0.2, 0.25) is 0 Å². The van der Waals surface area contributed by atoms with Crippen LogP contribution in [0.4, 0.5) is 5.69 Å². The molecule has 4 rings (SSSR count). The van der Waals surface area contributed by atoms with Gasteiger partial charge < -0.3 is 0 Å². The molecule has 0 amide bonds. The van der Waals surface area contributed by atoms with Gasteiger partial charge in [-0.25, -0.2) is 8.42 Å². The van der Waals surface area contributed by atoms with Gasteiger partial charge in [0.25, 0.3) is 10.0 Å². The van der Waals surface area contributed by atoms with Crippen molar-refractivity contribution in [1.82, 2.24) is 19.7 Å². The van der Waals surface area contributed by atoms with Gasteiger partial charge in [0.1, 0.15) is 4.90 Å². The zero-order valence-corrected chi connectivity index (χ0v) is 15.6. The van der Waals surface area contributed by atoms with Crippen molar-refractivity contribution < 1.29 is 8.42 Å². The molecule has 0 unspecified atom stereocenters. The van der Waals surface area contributed by atoms with Gasteiger partial charge in [-0.05, 0) is 37.3 Å². The second-order valence-electron chi connectivity index (χ2n) is 6.18. The highest BCUT2D eigenvalue weighted by Crippen LogP contribution is 2.25. The number of nitrogens with one attached hydrogen (secondary N) is 1. The fourth-order valence-corrected chi connectivity index (χ4v) is 3.94. The van der Waals surface area contributed by atoms with Gasteiger partial charge in [-0.15, -0.1) is 0 Å². The molecule has 3 aromatic heterocycles. The molecular formula is C19H17N5O2S. The Morgan fingerprint density at radius 1 is 1.04 bits per heavy atom. The predicted molar refractivity (Wildman–Crippen MR) is 104 cm³/mol. The van der Waals surface area contributed by atoms with Crippen LogP contribution in [0.5, 0.6) is 0 Å². The van der Waals surface area contributed by atoms with Gasteiger partial charge in [-0.3, -0.25) is 19.4 Å². The van der Waals surface area contributed by atoms with Crippen LogP contribution < -0.4 is 4.72 Å². The number of aromatic nitrogens is 4. The third kappa shape index (κ3) is 3.26. The Bertz CT molecular complexity index is 1230. The van der Waals surface area contributed by atoms with Crippen LogP contribution in [0.1, 0.15) is 5.69 Å². The summed E-state index contributed by atoms with van der Waals surface area (Å²) in [5.41, 5.74) is 3.64. The van der Waals surface area contributed by atoms with E-state index in [-0.39, 0.29) is 4.90 Å². The minimum atomic E-state index is -3.77. The van der Waals surface area contributed by atoms with E-state index in [9.17, 15) is 8.42 Å². The summed E-state index contributed by atoms with van der Waals surface area (Å²) in [5.74, 6) is 0. The third-order valence-electron chi connectivity index (χ3n) is 4.24. The summed E-state index contributed by atoms with van der Waals surface area (Å²) in [6.07, 6.45) is 4.75. The summed E-state index contributed by atoms with van der Waals surface area (Å²) in [6, 6.07) is 12.4. The van der Waals surface area contributed by atoms with Crippen LogP contribution in [-0.4, -0.2) is 28.2 Å². The summed E-state index contributed by atoms with van der Waals surface area (Å²) in [6.45, 7) is 1.89. The molecule has 0 fully saturated rings. The maximum absolute atomic E-state index is 12.8. The lowest BCUT2D eigenvalue weighted by Crippen LogP contribution is -2.14. The molecule has 7 nitrogen and oxygen atoms in total. The fraction of sp³-hybridized carbons (Fsp3) is 0.105. The average Bonchev–Trinajstić information content (AvgIpc) is 3.04. The van der Waals surface area contributed by atoms with Crippen LogP contribution in [0.3, 0.4) is 0 Å². The zero-order valence-electron chi connectivity index (χ0n) is 14.8. The maximum Gasteiger partial charge on any atom is 0.263 e. The van der Waals surface area contributed by atoms with Crippen molar-refractivity contribution in [3.05, 3.63) is 66.7 Å². The standard InChI is InChI=1S/C19H17N5O2S/c1-13-10-14(8-9-20-13)17-7-6-16(12-21-17)27(25,26)23-18-5-3-4-15-11-22-24(2)19(15)18/h3-12,23H,1-2H3. The molecule has 0 aliphatic rings. The molecule has 3 heterocycles. The van der Waals surface area contributed by atoms with Crippen molar-refractivity contribution >= 4 is 26.6 Å². The van der Waals surface area contributed by atoms with Crippen LogP contribution in [0, 0.1) is 6.92 Å². The summed E-state index contributed by atoms with van der Waals surface area (Å²) in [7, 11) is -2.00. The second-order valence-corrected chi connectivity index (χ2v) is 7.86. The highest BCUT2D eigenvalue weighted by molar-refractivity contribution is 7.92. The van der Waals surface area contributed by atoms with Gasteiger partial charge in [-0.2, -0.15) is 5.10 Å². The average molecular weight is 379 g/mol. The number of pyridine rings is 2. The Morgan fingerprint density at radius 2 is 1.89 bits per heavy atom. The number of aryl methyl sites for hydroxylation is 2. The van der Waals surface area contributed by atoms with Crippen molar-refractivity contribution in [2.45, 2.75) is 11.8 Å². The minimum absolute atomic E-state index is 0.0937. The third-order valence-corrected chi connectivity index (χ3v) is 5.59. The molecule has 0 saturated carbocycles. The second kappa shape index (κ2) is 6.48. The SMILES string of the molecule is Cc1cc(-c2ccc(S(=O)(=O)Nc3cccc4cnn(C)c34)cn2)ccn1. The Morgan fingerprint density at radius 3 is 2.63 bits per heavy atom. The largest absolute Gasteiger partial charge is 0.277 e. The predicted octanol–water partition coefficient (Wildman–Crippen LogP) is 3.14. The van der Waals surface area contributed by atoms with E-state index in [2.05, 4.69) is 19.8 Å². The van der Waals surface area contributed by atoms with E-state index in [1.807, 2.05) is 25.1 Å². The molecular weight excluding hydrogens is 362 g/mol. The van der Waals surface area contributed by atoms with E-state index in [0.717, 1.165) is 22.2 Å². The smallest absolute Gasteiger partial charge is 0.263 e. The highest BCUT2D eigenvalue weighted by atomic mass is 32.2. The summed E-state index contributed by atoms with van der Waals surface area (Å²) in [5, 5.41) is 5.04. The molecule has 27 heavy (non-hydrogen) atoms. The van der Waals surface area contributed by atoms with E-state index >= 15 is 0 Å². The Hall–Kier alpha value is -3.26. The summed E-state index contributed by atoms with van der Waals surface area (Å²) < 4.78 is 29.9. The molecule has 0 saturated heterocycles. The Kier molecular flexibility index (Phi) is 4.12. The van der Waals surface area contributed by atoms with E-state index in [4.69, 9.17) is 0 Å². The molecule has 0 spiro atoms. The topological polar surface area (TPSA) is 89.8 Å². The first-order valence-electron chi connectivity index (χ1n) is 8.27. The van der Waals surface area contributed by atoms with E-state index in [1.54, 1.807) is 48.4 Å². The minimum Gasteiger partial charge on any atom is -0.277 e. The Balaban J connectivity index is 1.67. The molecule has 8 heteroatoms. The first kappa shape index (κ1) is 17.2. The molecule has 4 aromatic rings. The van der Waals surface area contributed by atoms with E-state index < -0.39 is 10.0 Å². The fourth-order valence-electron chi connectivity index (χ4n) is 2.93. The van der Waals surface area contributed by atoms with Crippen molar-refractivity contribution in [3.63, 3.8) is 0 Å². The molecule has 1 aromatic carbocycles. The van der Waals surface area contributed by atoms with Crippen molar-refractivity contribution in [1.29, 1.82) is 0 Å². The monoisotopic (exact) mass is 379 g/mol. The number of hydrogen-bond donors (Lipinski definition) is 1. The number of rotatable bonds is 4. The number of fused-ring (bicyclic) bond motifs is 1. The van der Waals surface area contributed by atoms with Gasteiger partial charge >= 0.3 is 0 Å². The van der Waals surface area contributed by atoms with Crippen LogP contribution in [0.2, 0.25) is 0 Å². The summed E-state index contributed by atoms with van der Waals surface area (Å²) in [4.78, 5) is 8.55. The molecule has 0 bridgehead atoms. The highest BCUT2D eigenvalue weighted by Gasteiger charge is 2.17. The van der Waals surface area contributed by atoms with Crippen LogP contribution >= 0.6 is 0 Å². The molecule has 0 aliphatic carbocycles. The molecule has 0 radical (unpaired) electrons. The van der Waals surface area contributed by atoms with E-state index in [1.165, 1.54) is 6.20 Å². The lowest BCUT2D eigenvalue weighted by atomic mass is 10.1. The Labute approximate surface area is 156 Å². The van der Waals surface area contributed by atoms with Crippen LogP contribution in [0.15, 0.2) is 66.0 Å². The lowest BCUT2D eigenvalue weighted by Gasteiger charge is -2.10. The number of nitrogens with zero attached hydrogens (tertiary/aromatic N) is 4. The number of para-hydroxylation sites is 1. The molecule has 0 aliphatic heterocycles. The number of hydrogen-bond acceptors (Lipinski definition) is 5. The molecule has 136 valence electrons. The van der Waals surface area contributed by atoms with E-state index in [0.29, 0.717) is 11.4 Å². The van der Waals surface area contributed by atoms with Crippen LogP contribution in [0.25, 0.3) is 22.2 Å². The van der Waals surface area contributed by atoms with Gasteiger partial charge in [0, 0.05) is 36.1 Å². The number of sulfonamides is 1. The molecule has 0 atom stereocenters. The number of anilines is 1. The first-order chi connectivity index (χ1) is 12.9. The zero-order chi connectivity index (χ0) is 19.0. The lowest BCUT2D eigenvalue weighted by molar-refractivity contribution is 0.601. The van der Waals surface area contributed by atoms with Gasteiger partial charge in [0.15, 0.2) is 0 Å².